The van der Waals surface area contributed by atoms with Crippen molar-refractivity contribution in [3.8, 4) is 0 Å². The van der Waals surface area contributed by atoms with Crippen molar-refractivity contribution in [3.63, 3.8) is 0 Å². The van der Waals surface area contributed by atoms with E-state index in [-0.39, 0.29) is 37.9 Å². The van der Waals surface area contributed by atoms with Gasteiger partial charge in [-0.25, -0.2) is 0 Å². The van der Waals surface area contributed by atoms with Gasteiger partial charge >= 0.3 is 17.9 Å². The second kappa shape index (κ2) is 10.6. The second-order valence-corrected chi connectivity index (χ2v) is 8.62. The molecule has 6 nitrogen and oxygen atoms in total. The van der Waals surface area contributed by atoms with Crippen LogP contribution < -0.4 is 0 Å². The zero-order valence-corrected chi connectivity index (χ0v) is 18.6. The Morgan fingerprint density at radius 1 is 1.03 bits per heavy atom. The summed E-state index contributed by atoms with van der Waals surface area (Å²) in [6, 6.07) is 9.81. The van der Waals surface area contributed by atoms with E-state index in [4.69, 9.17) is 14.2 Å². The summed E-state index contributed by atoms with van der Waals surface area (Å²) in [5, 5.41) is 0. The maximum Gasteiger partial charge on any atom is 0.311 e. The topological polar surface area (TPSA) is 78.9 Å². The van der Waals surface area contributed by atoms with E-state index in [0.717, 1.165) is 24.8 Å². The molecule has 30 heavy (non-hydrogen) atoms. The van der Waals surface area contributed by atoms with Crippen LogP contribution in [0, 0.1) is 11.3 Å². The predicted octanol–water partition coefficient (Wildman–Crippen LogP) is 4.55. The molecule has 0 heterocycles. The Bertz CT molecular complexity index is 726. The third-order valence-electron chi connectivity index (χ3n) is 6.09. The predicted molar refractivity (Wildman–Crippen MR) is 112 cm³/mol. The van der Waals surface area contributed by atoms with Gasteiger partial charge in [0.2, 0.25) is 0 Å². The summed E-state index contributed by atoms with van der Waals surface area (Å²) < 4.78 is 16.1. The number of rotatable bonds is 10. The van der Waals surface area contributed by atoms with Crippen LogP contribution in [0.2, 0.25) is 0 Å². The van der Waals surface area contributed by atoms with Crippen molar-refractivity contribution in [3.05, 3.63) is 35.9 Å². The monoisotopic (exact) mass is 418 g/mol. The fraction of sp³-hybridized carbons (Fsp3) is 0.625. The van der Waals surface area contributed by atoms with Crippen LogP contribution in [0.15, 0.2) is 30.3 Å². The van der Waals surface area contributed by atoms with Gasteiger partial charge in [-0.15, -0.1) is 0 Å². The highest BCUT2D eigenvalue weighted by Gasteiger charge is 2.45. The van der Waals surface area contributed by atoms with Crippen LogP contribution in [0.5, 0.6) is 0 Å². The van der Waals surface area contributed by atoms with Gasteiger partial charge in [0.1, 0.15) is 18.8 Å². The summed E-state index contributed by atoms with van der Waals surface area (Å²) in [6.45, 7) is 7.61. The highest BCUT2D eigenvalue weighted by molar-refractivity contribution is 5.78. The third-order valence-corrected chi connectivity index (χ3v) is 6.09. The molecule has 0 aliphatic heterocycles. The maximum absolute atomic E-state index is 12.5. The summed E-state index contributed by atoms with van der Waals surface area (Å²) in [4.78, 5) is 36.3. The Balaban J connectivity index is 1.77. The van der Waals surface area contributed by atoms with Gasteiger partial charge in [0.25, 0.3) is 0 Å². The number of esters is 3. The lowest BCUT2D eigenvalue weighted by Gasteiger charge is -2.34. The molecule has 0 aromatic heterocycles. The quantitative estimate of drug-likeness (QED) is 0.315. The van der Waals surface area contributed by atoms with E-state index >= 15 is 0 Å². The van der Waals surface area contributed by atoms with E-state index in [1.807, 2.05) is 37.3 Å². The summed E-state index contributed by atoms with van der Waals surface area (Å²) in [6.07, 6.45) is 3.34. The minimum Gasteiger partial charge on any atom is -0.462 e. The molecule has 1 aliphatic rings. The van der Waals surface area contributed by atoms with Gasteiger partial charge in [-0.1, -0.05) is 44.2 Å². The first-order valence-electron chi connectivity index (χ1n) is 10.8. The summed E-state index contributed by atoms with van der Waals surface area (Å²) in [7, 11) is 0. The first-order chi connectivity index (χ1) is 14.2. The van der Waals surface area contributed by atoms with Crippen molar-refractivity contribution in [2.75, 3.05) is 13.2 Å². The minimum absolute atomic E-state index is 0.00703. The molecule has 1 aromatic carbocycles. The number of hydrogen-bond acceptors (Lipinski definition) is 6. The number of hydrogen-bond donors (Lipinski definition) is 0. The van der Waals surface area contributed by atoms with Gasteiger partial charge in [0.05, 0.1) is 18.3 Å². The standard InChI is InChI=1S/C24H34O6/c1-5-23(3,4)22(27)29-17-16-28-20(25)13-14-21(26)30-24(15-9-10-18(24)2)19-11-7-6-8-12-19/h6-8,11-12,18H,5,9-10,13-17H2,1-4H3. The molecular weight excluding hydrogens is 384 g/mol. The van der Waals surface area contributed by atoms with Crippen LogP contribution in [0.3, 0.4) is 0 Å². The lowest BCUT2D eigenvalue weighted by Crippen LogP contribution is -2.35. The molecule has 0 amide bonds. The van der Waals surface area contributed by atoms with Crippen molar-refractivity contribution in [2.24, 2.45) is 11.3 Å². The minimum atomic E-state index is -0.622. The van der Waals surface area contributed by atoms with Gasteiger partial charge in [-0.05, 0) is 45.1 Å². The molecule has 2 atom stereocenters. The molecule has 0 saturated heterocycles. The van der Waals surface area contributed by atoms with Gasteiger partial charge in [-0.3, -0.25) is 14.4 Å². The summed E-state index contributed by atoms with van der Waals surface area (Å²) in [5.74, 6) is -1.01. The maximum atomic E-state index is 12.5. The first kappa shape index (κ1) is 23.9. The van der Waals surface area contributed by atoms with Crippen molar-refractivity contribution >= 4 is 17.9 Å². The van der Waals surface area contributed by atoms with Crippen LogP contribution in [-0.4, -0.2) is 31.1 Å². The molecule has 2 rings (SSSR count). The Hall–Kier alpha value is -2.37. The van der Waals surface area contributed by atoms with Crippen LogP contribution >= 0.6 is 0 Å². The Kier molecular flexibility index (Phi) is 8.44. The largest absolute Gasteiger partial charge is 0.462 e. The van der Waals surface area contributed by atoms with Gasteiger partial charge < -0.3 is 14.2 Å². The number of benzene rings is 1. The molecule has 0 radical (unpaired) electrons. The van der Waals surface area contributed by atoms with E-state index in [0.29, 0.717) is 6.42 Å². The molecule has 6 heteroatoms. The normalized spacial score (nSPS) is 21.1. The summed E-state index contributed by atoms with van der Waals surface area (Å²) in [5.41, 5.74) is -0.176. The molecule has 0 spiro atoms. The average molecular weight is 419 g/mol. The third kappa shape index (κ3) is 6.07. The molecule has 1 aromatic rings. The van der Waals surface area contributed by atoms with Gasteiger partial charge in [0.15, 0.2) is 0 Å². The first-order valence-corrected chi connectivity index (χ1v) is 10.8. The number of carbonyl (C=O) groups excluding carboxylic acids is 3. The highest BCUT2D eigenvalue weighted by atomic mass is 16.6. The second-order valence-electron chi connectivity index (χ2n) is 8.62. The molecule has 1 aliphatic carbocycles. The molecule has 0 N–H and O–H groups in total. The molecule has 1 fully saturated rings. The van der Waals surface area contributed by atoms with E-state index in [1.165, 1.54) is 0 Å². The number of carbonyl (C=O) groups is 3. The van der Waals surface area contributed by atoms with Gasteiger partial charge in [0, 0.05) is 5.92 Å². The van der Waals surface area contributed by atoms with Crippen LogP contribution in [0.25, 0.3) is 0 Å². The van der Waals surface area contributed by atoms with Crippen molar-refractivity contribution in [1.29, 1.82) is 0 Å². The Morgan fingerprint density at radius 3 is 2.27 bits per heavy atom. The molecule has 2 unspecified atom stereocenters. The van der Waals surface area contributed by atoms with Crippen molar-refractivity contribution in [1.82, 2.24) is 0 Å². The van der Waals surface area contributed by atoms with Crippen LogP contribution in [-0.2, 0) is 34.2 Å². The lowest BCUT2D eigenvalue weighted by atomic mass is 9.84. The van der Waals surface area contributed by atoms with E-state index < -0.39 is 23.0 Å². The Morgan fingerprint density at radius 2 is 1.67 bits per heavy atom. The molecule has 0 bridgehead atoms. The Labute approximate surface area is 179 Å². The molecule has 1 saturated carbocycles. The number of ether oxygens (including phenoxy) is 3. The highest BCUT2D eigenvalue weighted by Crippen LogP contribution is 2.46. The molecule has 166 valence electrons. The van der Waals surface area contributed by atoms with Crippen molar-refractivity contribution < 1.29 is 28.6 Å². The van der Waals surface area contributed by atoms with Gasteiger partial charge in [-0.2, -0.15) is 0 Å². The fourth-order valence-electron chi connectivity index (χ4n) is 3.67. The average Bonchev–Trinajstić information content (AvgIpc) is 3.11. The van der Waals surface area contributed by atoms with E-state index in [1.54, 1.807) is 13.8 Å². The van der Waals surface area contributed by atoms with Crippen LogP contribution in [0.1, 0.15) is 71.8 Å². The van der Waals surface area contributed by atoms with E-state index in [9.17, 15) is 14.4 Å². The smallest absolute Gasteiger partial charge is 0.311 e. The lowest BCUT2D eigenvalue weighted by molar-refractivity contribution is -0.167. The zero-order valence-electron chi connectivity index (χ0n) is 18.6. The van der Waals surface area contributed by atoms with Crippen LogP contribution in [0.4, 0.5) is 0 Å². The van der Waals surface area contributed by atoms with Crippen molar-refractivity contribution in [2.45, 2.75) is 71.8 Å². The van der Waals surface area contributed by atoms with E-state index in [2.05, 4.69) is 6.92 Å². The SMILES string of the molecule is CCC(C)(C)C(=O)OCCOC(=O)CCC(=O)OC1(c2ccccc2)CCCC1C. The fourth-order valence-corrected chi connectivity index (χ4v) is 3.67. The zero-order chi connectivity index (χ0) is 22.2. The summed E-state index contributed by atoms with van der Waals surface area (Å²) >= 11 is 0. The molecular formula is C24H34O6.